The highest BCUT2D eigenvalue weighted by Crippen LogP contribution is 2.20. The summed E-state index contributed by atoms with van der Waals surface area (Å²) in [5.74, 6) is 1.10. The number of imidazole rings is 1. The minimum atomic E-state index is 0.553. The van der Waals surface area contributed by atoms with Gasteiger partial charge in [0.05, 0.1) is 17.6 Å². The number of piperazine rings is 1. The first kappa shape index (κ1) is 12.9. The van der Waals surface area contributed by atoms with Crippen LogP contribution in [0.1, 0.15) is 12.7 Å². The maximum atomic E-state index is 6.03. The van der Waals surface area contributed by atoms with Gasteiger partial charge in [0.2, 0.25) is 0 Å². The topological polar surface area (TPSA) is 33.1 Å². The second-order valence-corrected chi connectivity index (χ2v) is 5.68. The highest BCUT2D eigenvalue weighted by Gasteiger charge is 2.20. The number of hydrogen-bond donors (Lipinski definition) is 1. The van der Waals surface area contributed by atoms with Crippen molar-refractivity contribution in [2.75, 3.05) is 19.6 Å². The summed E-state index contributed by atoms with van der Waals surface area (Å²) in [4.78, 5) is 7.19. The molecular formula is C14H19ClN4. The van der Waals surface area contributed by atoms with Gasteiger partial charge in [-0.15, -0.1) is 0 Å². The van der Waals surface area contributed by atoms with Crippen molar-refractivity contribution < 1.29 is 0 Å². The Bertz CT molecular complexity index is 592. The van der Waals surface area contributed by atoms with E-state index in [0.717, 1.165) is 48.1 Å². The largest absolute Gasteiger partial charge is 0.330 e. The third-order valence-electron chi connectivity index (χ3n) is 3.92. The van der Waals surface area contributed by atoms with Crippen LogP contribution in [0, 0.1) is 0 Å². The number of rotatable bonds is 2. The Hall–Kier alpha value is -1.10. The van der Waals surface area contributed by atoms with Crippen LogP contribution in [0.5, 0.6) is 0 Å². The minimum Gasteiger partial charge on any atom is -0.330 e. The van der Waals surface area contributed by atoms with Crippen LogP contribution in [0.3, 0.4) is 0 Å². The molecule has 4 nitrogen and oxygen atoms in total. The van der Waals surface area contributed by atoms with E-state index in [1.807, 2.05) is 18.2 Å². The van der Waals surface area contributed by atoms with Gasteiger partial charge in [0, 0.05) is 37.7 Å². The lowest BCUT2D eigenvalue weighted by atomic mass is 10.2. The summed E-state index contributed by atoms with van der Waals surface area (Å²) in [6.07, 6.45) is 0. The van der Waals surface area contributed by atoms with Crippen molar-refractivity contribution >= 4 is 22.6 Å². The number of nitrogens with one attached hydrogen (secondary N) is 1. The van der Waals surface area contributed by atoms with Crippen LogP contribution in [0.25, 0.3) is 11.0 Å². The van der Waals surface area contributed by atoms with Crippen molar-refractivity contribution in [3.05, 3.63) is 29.0 Å². The number of benzene rings is 1. The maximum absolute atomic E-state index is 6.03. The predicted octanol–water partition coefficient (Wildman–Crippen LogP) is 2.02. The molecule has 19 heavy (non-hydrogen) atoms. The van der Waals surface area contributed by atoms with Gasteiger partial charge >= 0.3 is 0 Å². The highest BCUT2D eigenvalue weighted by atomic mass is 35.5. The molecule has 0 bridgehead atoms. The van der Waals surface area contributed by atoms with Gasteiger partial charge < -0.3 is 9.88 Å². The molecule has 1 aromatic carbocycles. The maximum Gasteiger partial charge on any atom is 0.123 e. The lowest BCUT2D eigenvalue weighted by molar-refractivity contribution is 0.160. The molecule has 1 N–H and O–H groups in total. The zero-order valence-corrected chi connectivity index (χ0v) is 12.1. The van der Waals surface area contributed by atoms with Crippen molar-refractivity contribution in [3.8, 4) is 0 Å². The Kier molecular flexibility index (Phi) is 3.48. The first-order valence-electron chi connectivity index (χ1n) is 6.71. The average Bonchev–Trinajstić information content (AvgIpc) is 2.68. The summed E-state index contributed by atoms with van der Waals surface area (Å²) < 4.78 is 2.17. The van der Waals surface area contributed by atoms with Crippen LogP contribution >= 0.6 is 11.6 Å². The Morgan fingerprint density at radius 1 is 1.47 bits per heavy atom. The van der Waals surface area contributed by atoms with E-state index in [2.05, 4.69) is 28.8 Å². The Morgan fingerprint density at radius 3 is 3.11 bits per heavy atom. The molecule has 1 fully saturated rings. The number of halogens is 1. The Labute approximate surface area is 118 Å². The highest BCUT2D eigenvalue weighted by molar-refractivity contribution is 6.31. The third-order valence-corrected chi connectivity index (χ3v) is 4.15. The summed E-state index contributed by atoms with van der Waals surface area (Å²) in [5.41, 5.74) is 2.12. The van der Waals surface area contributed by atoms with E-state index in [1.165, 1.54) is 0 Å². The Morgan fingerprint density at radius 2 is 2.32 bits per heavy atom. The molecule has 3 rings (SSSR count). The van der Waals surface area contributed by atoms with Crippen LogP contribution in [-0.4, -0.2) is 40.1 Å². The molecular weight excluding hydrogens is 260 g/mol. The minimum absolute atomic E-state index is 0.553. The monoisotopic (exact) mass is 278 g/mol. The number of fused-ring (bicyclic) bond motifs is 1. The molecule has 1 aliphatic heterocycles. The SMILES string of the molecule is C[C@H]1CNCCN1Cc1nc2cc(Cl)ccc2n1C. The molecule has 0 spiro atoms. The lowest BCUT2D eigenvalue weighted by Gasteiger charge is -2.33. The molecule has 1 aromatic heterocycles. The molecule has 102 valence electrons. The number of aromatic nitrogens is 2. The second-order valence-electron chi connectivity index (χ2n) is 5.24. The zero-order chi connectivity index (χ0) is 13.4. The van der Waals surface area contributed by atoms with Crippen molar-refractivity contribution in [1.82, 2.24) is 19.8 Å². The molecule has 2 aromatic rings. The molecule has 2 heterocycles. The van der Waals surface area contributed by atoms with Crippen molar-refractivity contribution in [3.63, 3.8) is 0 Å². The van der Waals surface area contributed by atoms with Crippen LogP contribution in [-0.2, 0) is 13.6 Å². The fourth-order valence-corrected chi connectivity index (χ4v) is 2.83. The van der Waals surface area contributed by atoms with Crippen LogP contribution in [0.2, 0.25) is 5.02 Å². The van der Waals surface area contributed by atoms with Gasteiger partial charge in [-0.2, -0.15) is 0 Å². The predicted molar refractivity (Wildman–Crippen MR) is 78.5 cm³/mol. The van der Waals surface area contributed by atoms with Crippen LogP contribution in [0.15, 0.2) is 18.2 Å². The van der Waals surface area contributed by atoms with E-state index < -0.39 is 0 Å². The van der Waals surface area contributed by atoms with Gasteiger partial charge in [-0.3, -0.25) is 4.90 Å². The molecule has 1 aliphatic rings. The Balaban J connectivity index is 1.90. The van der Waals surface area contributed by atoms with Gasteiger partial charge in [-0.1, -0.05) is 11.6 Å². The standard InChI is InChI=1S/C14H19ClN4/c1-10-8-16-5-6-19(10)9-14-17-12-7-11(15)3-4-13(12)18(14)2/h3-4,7,10,16H,5-6,8-9H2,1-2H3/t10-/m0/s1. The van der Waals surface area contributed by atoms with Gasteiger partial charge in [0.1, 0.15) is 5.82 Å². The molecule has 0 unspecified atom stereocenters. The fourth-order valence-electron chi connectivity index (χ4n) is 2.66. The third kappa shape index (κ3) is 2.48. The number of nitrogens with zero attached hydrogens (tertiary/aromatic N) is 3. The molecule has 0 aliphatic carbocycles. The summed E-state index contributed by atoms with van der Waals surface area (Å²) in [6, 6.07) is 6.44. The summed E-state index contributed by atoms with van der Waals surface area (Å²) >= 11 is 6.03. The van der Waals surface area contributed by atoms with Gasteiger partial charge in [-0.05, 0) is 25.1 Å². The quantitative estimate of drug-likeness (QED) is 0.912. The van der Waals surface area contributed by atoms with Gasteiger partial charge in [0.25, 0.3) is 0 Å². The van der Waals surface area contributed by atoms with Crippen molar-refractivity contribution in [1.29, 1.82) is 0 Å². The van der Waals surface area contributed by atoms with E-state index in [9.17, 15) is 0 Å². The average molecular weight is 279 g/mol. The van der Waals surface area contributed by atoms with Crippen molar-refractivity contribution in [2.24, 2.45) is 7.05 Å². The molecule has 1 atom stereocenters. The smallest absolute Gasteiger partial charge is 0.123 e. The molecule has 1 saturated heterocycles. The number of hydrogen-bond acceptors (Lipinski definition) is 3. The lowest BCUT2D eigenvalue weighted by Crippen LogP contribution is -2.49. The second kappa shape index (κ2) is 5.12. The van der Waals surface area contributed by atoms with E-state index in [0.29, 0.717) is 6.04 Å². The molecule has 0 saturated carbocycles. The summed E-state index contributed by atoms with van der Waals surface area (Å²) in [7, 11) is 2.07. The van der Waals surface area contributed by atoms with Crippen LogP contribution < -0.4 is 5.32 Å². The van der Waals surface area contributed by atoms with E-state index in [4.69, 9.17) is 16.6 Å². The van der Waals surface area contributed by atoms with Gasteiger partial charge in [0.15, 0.2) is 0 Å². The van der Waals surface area contributed by atoms with Gasteiger partial charge in [-0.25, -0.2) is 4.98 Å². The molecule has 0 amide bonds. The van der Waals surface area contributed by atoms with E-state index >= 15 is 0 Å². The van der Waals surface area contributed by atoms with Crippen LogP contribution in [0.4, 0.5) is 0 Å². The zero-order valence-electron chi connectivity index (χ0n) is 11.4. The summed E-state index contributed by atoms with van der Waals surface area (Å²) in [6.45, 7) is 6.33. The number of aryl methyl sites for hydroxylation is 1. The van der Waals surface area contributed by atoms with Crippen molar-refractivity contribution in [2.45, 2.75) is 19.5 Å². The normalized spacial score (nSPS) is 21.1. The fraction of sp³-hybridized carbons (Fsp3) is 0.500. The molecule has 0 radical (unpaired) electrons. The summed E-state index contributed by atoms with van der Waals surface area (Å²) in [5, 5.41) is 4.16. The van der Waals surface area contributed by atoms with E-state index in [-0.39, 0.29) is 0 Å². The first-order chi connectivity index (χ1) is 9.15. The molecule has 5 heteroatoms. The first-order valence-corrected chi connectivity index (χ1v) is 7.08. The van der Waals surface area contributed by atoms with E-state index in [1.54, 1.807) is 0 Å².